The van der Waals surface area contributed by atoms with E-state index in [2.05, 4.69) is 45.1 Å². The lowest BCUT2D eigenvalue weighted by molar-refractivity contribution is -0.141. The minimum Gasteiger partial charge on any atom is -0.481 e. The lowest BCUT2D eigenvalue weighted by atomic mass is 10.1. The van der Waals surface area contributed by atoms with E-state index in [1.165, 1.54) is 15.3 Å². The molecule has 21 heavy (non-hydrogen) atoms. The summed E-state index contributed by atoms with van der Waals surface area (Å²) in [6.45, 7) is 2.40. The molecule has 1 aliphatic rings. The van der Waals surface area contributed by atoms with Crippen molar-refractivity contribution in [1.29, 1.82) is 0 Å². The van der Waals surface area contributed by atoms with Crippen LogP contribution >= 0.6 is 27.3 Å². The maximum atomic E-state index is 11.0. The summed E-state index contributed by atoms with van der Waals surface area (Å²) in [5.41, 5.74) is 1.22. The number of hydrogen-bond acceptors (Lipinski definition) is 3. The van der Waals surface area contributed by atoms with Crippen LogP contribution in [0.15, 0.2) is 40.9 Å². The third-order valence-electron chi connectivity index (χ3n) is 3.79. The standard InChI is InChI=1S/C16H16BrNO2S/c17-13-3-1-11(2-4-13)15-6-5-14(21-15)10-18-8-7-12(9-18)16(19)20/h1-6,12H,7-10H2,(H,19,20). The van der Waals surface area contributed by atoms with Gasteiger partial charge in [0.2, 0.25) is 0 Å². The van der Waals surface area contributed by atoms with E-state index < -0.39 is 5.97 Å². The predicted molar refractivity (Wildman–Crippen MR) is 88.5 cm³/mol. The molecule has 1 saturated heterocycles. The molecule has 110 valence electrons. The average Bonchev–Trinajstić information content (AvgIpc) is 3.10. The number of nitrogens with zero attached hydrogens (tertiary/aromatic N) is 1. The van der Waals surface area contributed by atoms with Gasteiger partial charge in [-0.3, -0.25) is 9.69 Å². The van der Waals surface area contributed by atoms with Crippen LogP contribution in [0.5, 0.6) is 0 Å². The first-order chi connectivity index (χ1) is 10.1. The predicted octanol–water partition coefficient (Wildman–Crippen LogP) is 4.08. The summed E-state index contributed by atoms with van der Waals surface area (Å²) in [5.74, 6) is -0.866. The first-order valence-corrected chi connectivity index (χ1v) is 8.52. The molecular formula is C16H16BrNO2S. The van der Waals surface area contributed by atoms with Gasteiger partial charge in [-0.1, -0.05) is 28.1 Å². The van der Waals surface area contributed by atoms with Crippen LogP contribution < -0.4 is 0 Å². The number of halogens is 1. The van der Waals surface area contributed by atoms with Gasteiger partial charge in [-0.25, -0.2) is 0 Å². The number of hydrogen-bond donors (Lipinski definition) is 1. The van der Waals surface area contributed by atoms with Crippen LogP contribution in [-0.2, 0) is 11.3 Å². The third kappa shape index (κ3) is 3.54. The van der Waals surface area contributed by atoms with E-state index in [1.54, 1.807) is 11.3 Å². The Balaban J connectivity index is 1.66. The van der Waals surface area contributed by atoms with Crippen molar-refractivity contribution >= 4 is 33.2 Å². The van der Waals surface area contributed by atoms with E-state index >= 15 is 0 Å². The molecule has 0 saturated carbocycles. The molecule has 0 radical (unpaired) electrons. The van der Waals surface area contributed by atoms with Gasteiger partial charge in [-0.2, -0.15) is 0 Å². The van der Waals surface area contributed by atoms with Gasteiger partial charge in [-0.15, -0.1) is 11.3 Å². The summed E-state index contributed by atoms with van der Waals surface area (Å²) < 4.78 is 1.08. The van der Waals surface area contributed by atoms with Crippen molar-refractivity contribution in [3.63, 3.8) is 0 Å². The minimum atomic E-state index is -0.667. The Morgan fingerprint density at radius 2 is 2.05 bits per heavy atom. The molecule has 1 N–H and O–H groups in total. The van der Waals surface area contributed by atoms with Crippen molar-refractivity contribution in [3.05, 3.63) is 45.7 Å². The number of benzene rings is 1. The highest BCUT2D eigenvalue weighted by atomic mass is 79.9. The Labute approximate surface area is 136 Å². The summed E-state index contributed by atoms with van der Waals surface area (Å²) >= 11 is 5.23. The lowest BCUT2D eigenvalue weighted by Crippen LogP contribution is -2.22. The van der Waals surface area contributed by atoms with Crippen LogP contribution in [0.2, 0.25) is 0 Å². The molecule has 1 unspecified atom stereocenters. The zero-order valence-corrected chi connectivity index (χ0v) is 13.9. The number of carboxylic acids is 1. The summed E-state index contributed by atoms with van der Waals surface area (Å²) in [4.78, 5) is 15.8. The molecule has 3 nitrogen and oxygen atoms in total. The highest BCUT2D eigenvalue weighted by Crippen LogP contribution is 2.30. The largest absolute Gasteiger partial charge is 0.481 e. The fourth-order valence-electron chi connectivity index (χ4n) is 2.63. The molecule has 2 heterocycles. The third-order valence-corrected chi connectivity index (χ3v) is 5.44. The van der Waals surface area contributed by atoms with Crippen molar-refractivity contribution in [2.24, 2.45) is 5.92 Å². The van der Waals surface area contributed by atoms with E-state index in [-0.39, 0.29) is 5.92 Å². The van der Waals surface area contributed by atoms with Crippen molar-refractivity contribution in [2.75, 3.05) is 13.1 Å². The fraction of sp³-hybridized carbons (Fsp3) is 0.312. The Morgan fingerprint density at radius 1 is 1.29 bits per heavy atom. The molecule has 1 aromatic heterocycles. The van der Waals surface area contributed by atoms with E-state index in [9.17, 15) is 4.79 Å². The molecule has 2 aromatic rings. The molecular weight excluding hydrogens is 350 g/mol. The van der Waals surface area contributed by atoms with Gasteiger partial charge in [0, 0.05) is 27.3 Å². The van der Waals surface area contributed by atoms with Gasteiger partial charge >= 0.3 is 5.97 Å². The molecule has 0 bridgehead atoms. The van der Waals surface area contributed by atoms with Crippen molar-refractivity contribution in [1.82, 2.24) is 4.90 Å². The molecule has 5 heteroatoms. The highest BCUT2D eigenvalue weighted by molar-refractivity contribution is 9.10. The lowest BCUT2D eigenvalue weighted by Gasteiger charge is -2.13. The summed E-state index contributed by atoms with van der Waals surface area (Å²) in [7, 11) is 0. The molecule has 1 atom stereocenters. The second-order valence-corrected chi connectivity index (χ2v) is 7.42. The van der Waals surface area contributed by atoms with Crippen LogP contribution in [0, 0.1) is 5.92 Å². The smallest absolute Gasteiger partial charge is 0.307 e. The van der Waals surface area contributed by atoms with Gasteiger partial charge in [-0.05, 0) is 42.8 Å². The maximum Gasteiger partial charge on any atom is 0.307 e. The van der Waals surface area contributed by atoms with Gasteiger partial charge < -0.3 is 5.11 Å². The number of aliphatic carboxylic acids is 1. The molecule has 0 aliphatic carbocycles. The minimum absolute atomic E-state index is 0.198. The number of thiophene rings is 1. The second kappa shape index (κ2) is 6.30. The van der Waals surface area contributed by atoms with E-state index in [0.717, 1.165) is 24.0 Å². The van der Waals surface area contributed by atoms with E-state index in [0.29, 0.717) is 6.54 Å². The van der Waals surface area contributed by atoms with Crippen LogP contribution in [0.25, 0.3) is 10.4 Å². The van der Waals surface area contributed by atoms with Gasteiger partial charge in [0.1, 0.15) is 0 Å². The normalized spacial score (nSPS) is 19.0. The Morgan fingerprint density at radius 3 is 2.71 bits per heavy atom. The number of likely N-dealkylation sites (tertiary alicyclic amines) is 1. The van der Waals surface area contributed by atoms with Crippen LogP contribution in [-0.4, -0.2) is 29.1 Å². The fourth-order valence-corrected chi connectivity index (χ4v) is 3.95. The first kappa shape index (κ1) is 14.8. The number of carboxylic acid groups (broad SMARTS) is 1. The van der Waals surface area contributed by atoms with Crippen molar-refractivity contribution in [2.45, 2.75) is 13.0 Å². The molecule has 0 amide bonds. The van der Waals surface area contributed by atoms with Gasteiger partial charge in [0.25, 0.3) is 0 Å². The molecule has 3 rings (SSSR count). The quantitative estimate of drug-likeness (QED) is 0.886. The Bertz CT molecular complexity index is 638. The maximum absolute atomic E-state index is 11.0. The van der Waals surface area contributed by atoms with E-state index in [1.807, 2.05) is 12.1 Å². The topological polar surface area (TPSA) is 40.5 Å². The number of rotatable bonds is 4. The number of carbonyl (C=O) groups is 1. The Hall–Kier alpha value is -1.17. The second-order valence-electron chi connectivity index (χ2n) is 5.33. The zero-order valence-electron chi connectivity index (χ0n) is 11.5. The molecule has 1 aromatic carbocycles. The van der Waals surface area contributed by atoms with Crippen molar-refractivity contribution < 1.29 is 9.90 Å². The Kier molecular flexibility index (Phi) is 4.42. The molecule has 0 spiro atoms. The molecule has 1 aliphatic heterocycles. The van der Waals surface area contributed by atoms with Crippen LogP contribution in [0.3, 0.4) is 0 Å². The van der Waals surface area contributed by atoms with Gasteiger partial charge in [0.05, 0.1) is 5.92 Å². The first-order valence-electron chi connectivity index (χ1n) is 6.91. The summed E-state index contributed by atoms with van der Waals surface area (Å²) in [6, 6.07) is 12.6. The van der Waals surface area contributed by atoms with Crippen LogP contribution in [0.1, 0.15) is 11.3 Å². The van der Waals surface area contributed by atoms with Gasteiger partial charge in [0.15, 0.2) is 0 Å². The summed E-state index contributed by atoms with van der Waals surface area (Å²) in [6.07, 6.45) is 0.764. The average molecular weight is 366 g/mol. The SMILES string of the molecule is O=C(O)C1CCN(Cc2ccc(-c3ccc(Br)cc3)s2)C1. The zero-order chi connectivity index (χ0) is 14.8. The van der Waals surface area contributed by atoms with Crippen molar-refractivity contribution in [3.8, 4) is 10.4 Å². The highest BCUT2D eigenvalue weighted by Gasteiger charge is 2.27. The van der Waals surface area contributed by atoms with Crippen LogP contribution in [0.4, 0.5) is 0 Å². The monoisotopic (exact) mass is 365 g/mol. The molecule has 1 fully saturated rings. The van der Waals surface area contributed by atoms with E-state index in [4.69, 9.17) is 5.11 Å². The summed E-state index contributed by atoms with van der Waals surface area (Å²) in [5, 5.41) is 9.04.